The van der Waals surface area contributed by atoms with E-state index in [-0.39, 0.29) is 10.9 Å². The summed E-state index contributed by atoms with van der Waals surface area (Å²) in [6, 6.07) is 14.4. The predicted molar refractivity (Wildman–Crippen MR) is 84.0 cm³/mol. The molecule has 1 atom stereocenters. The molecule has 0 radical (unpaired) electrons. The Kier molecular flexibility index (Phi) is 4.02. The highest BCUT2D eigenvalue weighted by atomic mass is 35.5. The summed E-state index contributed by atoms with van der Waals surface area (Å²) in [6.07, 6.45) is 2.47. The maximum Gasteiger partial charge on any atom is 0.240 e. The van der Waals surface area contributed by atoms with Crippen LogP contribution in [-0.2, 0) is 22.9 Å². The smallest absolute Gasteiger partial charge is 0.208 e. The second-order valence-electron chi connectivity index (χ2n) is 5.28. The molecule has 3 nitrogen and oxygen atoms in total. The van der Waals surface area contributed by atoms with Gasteiger partial charge in [0.05, 0.1) is 4.90 Å². The summed E-state index contributed by atoms with van der Waals surface area (Å²) in [4.78, 5) is 0.255. The van der Waals surface area contributed by atoms with E-state index in [1.54, 1.807) is 12.1 Å². The molecule has 0 spiro atoms. The first-order valence-corrected chi connectivity index (χ1v) is 8.75. The van der Waals surface area contributed by atoms with Gasteiger partial charge in [-0.1, -0.05) is 35.9 Å². The minimum atomic E-state index is -3.49. The molecule has 0 amide bonds. The molecule has 0 aromatic heterocycles. The SMILES string of the molecule is O=S(=O)(NC1CCc2ccccc2C1)c1ccc(Cl)cc1. The normalized spacial score (nSPS) is 18.2. The zero-order valence-electron chi connectivity index (χ0n) is 11.4. The Labute approximate surface area is 130 Å². The third-order valence-electron chi connectivity index (χ3n) is 3.79. The third kappa shape index (κ3) is 3.28. The van der Waals surface area contributed by atoms with Crippen molar-refractivity contribution in [3.05, 3.63) is 64.7 Å². The van der Waals surface area contributed by atoms with E-state index in [2.05, 4.69) is 16.9 Å². The largest absolute Gasteiger partial charge is 0.240 e. The lowest BCUT2D eigenvalue weighted by Gasteiger charge is -2.25. The van der Waals surface area contributed by atoms with Gasteiger partial charge in [0.15, 0.2) is 0 Å². The van der Waals surface area contributed by atoms with E-state index in [0.717, 1.165) is 19.3 Å². The average molecular weight is 322 g/mol. The van der Waals surface area contributed by atoms with Gasteiger partial charge < -0.3 is 0 Å². The quantitative estimate of drug-likeness (QED) is 0.943. The van der Waals surface area contributed by atoms with Crippen LogP contribution in [0.4, 0.5) is 0 Å². The van der Waals surface area contributed by atoms with E-state index in [0.29, 0.717) is 5.02 Å². The number of sulfonamides is 1. The van der Waals surface area contributed by atoms with Gasteiger partial charge in [0.25, 0.3) is 0 Å². The minimum Gasteiger partial charge on any atom is -0.208 e. The molecule has 2 aromatic carbocycles. The first kappa shape index (κ1) is 14.6. The van der Waals surface area contributed by atoms with Crippen LogP contribution in [-0.4, -0.2) is 14.5 Å². The van der Waals surface area contributed by atoms with Crippen molar-refractivity contribution in [2.75, 3.05) is 0 Å². The molecule has 1 N–H and O–H groups in total. The molecule has 1 aliphatic rings. The van der Waals surface area contributed by atoms with E-state index < -0.39 is 10.0 Å². The van der Waals surface area contributed by atoms with Crippen molar-refractivity contribution >= 4 is 21.6 Å². The van der Waals surface area contributed by atoms with Gasteiger partial charge in [-0.05, 0) is 54.7 Å². The highest BCUT2D eigenvalue weighted by Gasteiger charge is 2.24. The molecule has 110 valence electrons. The summed E-state index contributed by atoms with van der Waals surface area (Å²) in [5.74, 6) is 0. The van der Waals surface area contributed by atoms with Crippen molar-refractivity contribution in [1.82, 2.24) is 4.72 Å². The van der Waals surface area contributed by atoms with Gasteiger partial charge in [-0.15, -0.1) is 0 Å². The van der Waals surface area contributed by atoms with Crippen LogP contribution in [0.5, 0.6) is 0 Å². The molecule has 5 heteroatoms. The molecule has 0 bridgehead atoms. The van der Waals surface area contributed by atoms with Crippen LogP contribution in [0.2, 0.25) is 5.02 Å². The molecule has 0 fully saturated rings. The van der Waals surface area contributed by atoms with Gasteiger partial charge in [-0.3, -0.25) is 0 Å². The Bertz CT molecular complexity index is 741. The van der Waals surface area contributed by atoms with Gasteiger partial charge in [-0.2, -0.15) is 0 Å². The minimum absolute atomic E-state index is 0.0550. The highest BCUT2D eigenvalue weighted by Crippen LogP contribution is 2.22. The molecule has 0 heterocycles. The zero-order chi connectivity index (χ0) is 14.9. The third-order valence-corrected chi connectivity index (χ3v) is 5.58. The monoisotopic (exact) mass is 321 g/mol. The van der Waals surface area contributed by atoms with Crippen molar-refractivity contribution in [3.63, 3.8) is 0 Å². The van der Waals surface area contributed by atoms with Crippen LogP contribution in [0.25, 0.3) is 0 Å². The predicted octanol–water partition coefficient (Wildman–Crippen LogP) is 3.18. The van der Waals surface area contributed by atoms with Gasteiger partial charge in [0.1, 0.15) is 0 Å². The summed E-state index contributed by atoms with van der Waals surface area (Å²) in [5, 5.41) is 0.528. The van der Waals surface area contributed by atoms with Crippen LogP contribution < -0.4 is 4.72 Å². The molecule has 0 saturated carbocycles. The zero-order valence-corrected chi connectivity index (χ0v) is 13.0. The second-order valence-corrected chi connectivity index (χ2v) is 7.43. The van der Waals surface area contributed by atoms with Crippen LogP contribution in [0, 0.1) is 0 Å². The van der Waals surface area contributed by atoms with Gasteiger partial charge >= 0.3 is 0 Å². The number of benzene rings is 2. The molecular formula is C16H16ClNO2S. The van der Waals surface area contributed by atoms with Crippen LogP contribution in [0.3, 0.4) is 0 Å². The number of halogens is 1. The highest BCUT2D eigenvalue weighted by molar-refractivity contribution is 7.89. The lowest BCUT2D eigenvalue weighted by atomic mass is 9.89. The fourth-order valence-corrected chi connectivity index (χ4v) is 4.10. The molecule has 3 rings (SSSR count). The van der Waals surface area contributed by atoms with E-state index >= 15 is 0 Å². The molecule has 0 aliphatic heterocycles. The lowest BCUT2D eigenvalue weighted by molar-refractivity contribution is 0.507. The Morgan fingerprint density at radius 2 is 1.67 bits per heavy atom. The summed E-state index contributed by atoms with van der Waals surface area (Å²) >= 11 is 5.79. The molecule has 2 aromatic rings. The second kappa shape index (κ2) is 5.79. The van der Waals surface area contributed by atoms with Crippen LogP contribution in [0.1, 0.15) is 17.5 Å². The molecule has 21 heavy (non-hydrogen) atoms. The van der Waals surface area contributed by atoms with Gasteiger partial charge in [0.2, 0.25) is 10.0 Å². The Morgan fingerprint density at radius 1 is 1.00 bits per heavy atom. The van der Waals surface area contributed by atoms with E-state index in [9.17, 15) is 8.42 Å². The lowest BCUT2D eigenvalue weighted by Crippen LogP contribution is -2.38. The van der Waals surface area contributed by atoms with Crippen LogP contribution in [0.15, 0.2) is 53.4 Å². The fourth-order valence-electron chi connectivity index (χ4n) is 2.70. The number of nitrogens with one attached hydrogen (secondary N) is 1. The average Bonchev–Trinajstić information content (AvgIpc) is 2.47. The van der Waals surface area contributed by atoms with Crippen molar-refractivity contribution < 1.29 is 8.42 Å². The maximum absolute atomic E-state index is 12.4. The topological polar surface area (TPSA) is 46.2 Å². The number of hydrogen-bond acceptors (Lipinski definition) is 2. The first-order chi connectivity index (χ1) is 10.0. The van der Waals surface area contributed by atoms with Gasteiger partial charge in [0, 0.05) is 11.1 Å². The summed E-state index contributed by atoms with van der Waals surface area (Å²) in [6.45, 7) is 0. The Morgan fingerprint density at radius 3 is 2.38 bits per heavy atom. The maximum atomic E-state index is 12.4. The number of rotatable bonds is 3. The first-order valence-electron chi connectivity index (χ1n) is 6.89. The Balaban J connectivity index is 1.77. The van der Waals surface area contributed by atoms with E-state index in [4.69, 9.17) is 11.6 Å². The standard InChI is InChI=1S/C16H16ClNO2S/c17-14-6-9-16(10-7-14)21(19,20)18-15-8-5-12-3-1-2-4-13(12)11-15/h1-4,6-7,9-10,15,18H,5,8,11H2. The molecule has 1 unspecified atom stereocenters. The van der Waals surface area contributed by atoms with Crippen molar-refractivity contribution in [1.29, 1.82) is 0 Å². The molecule has 0 saturated heterocycles. The number of hydrogen-bond donors (Lipinski definition) is 1. The van der Waals surface area contributed by atoms with E-state index in [1.165, 1.54) is 23.3 Å². The summed E-state index contributed by atoms with van der Waals surface area (Å²) in [5.41, 5.74) is 2.55. The molecular weight excluding hydrogens is 306 g/mol. The number of fused-ring (bicyclic) bond motifs is 1. The van der Waals surface area contributed by atoms with Gasteiger partial charge in [-0.25, -0.2) is 13.1 Å². The number of aryl methyl sites for hydroxylation is 1. The summed E-state index contributed by atoms with van der Waals surface area (Å²) < 4.78 is 27.5. The van der Waals surface area contributed by atoms with Crippen LogP contribution >= 0.6 is 11.6 Å². The Hall–Kier alpha value is -1.36. The van der Waals surface area contributed by atoms with Crippen molar-refractivity contribution in [2.24, 2.45) is 0 Å². The van der Waals surface area contributed by atoms with Crippen molar-refractivity contribution in [3.8, 4) is 0 Å². The molecule has 1 aliphatic carbocycles. The fraction of sp³-hybridized carbons (Fsp3) is 0.250. The summed E-state index contributed by atoms with van der Waals surface area (Å²) in [7, 11) is -3.49. The van der Waals surface area contributed by atoms with Crippen molar-refractivity contribution in [2.45, 2.75) is 30.2 Å². The van der Waals surface area contributed by atoms with E-state index in [1.807, 2.05) is 12.1 Å².